The van der Waals surface area contributed by atoms with Crippen molar-refractivity contribution in [1.82, 2.24) is 10.6 Å². The predicted molar refractivity (Wildman–Crippen MR) is 76.8 cm³/mol. The minimum absolute atomic E-state index is 0.231. The molecular formula is C13H19FN2O3S. The second kappa shape index (κ2) is 8.52. The van der Waals surface area contributed by atoms with Crippen molar-refractivity contribution in [3.8, 4) is 5.75 Å². The maximum absolute atomic E-state index is 12.9. The molecule has 1 rings (SSSR count). The Morgan fingerprint density at radius 3 is 2.90 bits per heavy atom. The van der Waals surface area contributed by atoms with E-state index in [2.05, 4.69) is 10.6 Å². The lowest BCUT2D eigenvalue weighted by atomic mass is 10.3. The van der Waals surface area contributed by atoms with Crippen LogP contribution >= 0.6 is 0 Å². The third-order valence-electron chi connectivity index (χ3n) is 2.35. The van der Waals surface area contributed by atoms with Gasteiger partial charge in [0.05, 0.1) is 6.04 Å². The molecule has 1 aromatic carbocycles. The van der Waals surface area contributed by atoms with Crippen molar-refractivity contribution in [2.45, 2.75) is 13.0 Å². The topological polar surface area (TPSA) is 67.4 Å². The highest BCUT2D eigenvalue weighted by atomic mass is 32.2. The summed E-state index contributed by atoms with van der Waals surface area (Å²) in [6.45, 7) is 2.36. The summed E-state index contributed by atoms with van der Waals surface area (Å²) in [5.41, 5.74) is 0. The molecular weight excluding hydrogens is 283 g/mol. The number of urea groups is 1. The van der Waals surface area contributed by atoms with Gasteiger partial charge in [0.2, 0.25) is 0 Å². The molecule has 0 aliphatic rings. The first-order valence-corrected chi connectivity index (χ1v) is 7.93. The number of halogens is 1. The Hall–Kier alpha value is -1.63. The van der Waals surface area contributed by atoms with Crippen LogP contribution in [0.25, 0.3) is 0 Å². The summed E-state index contributed by atoms with van der Waals surface area (Å²) in [4.78, 5) is 11.5. The summed E-state index contributed by atoms with van der Waals surface area (Å²) in [7, 11) is -0.928. The van der Waals surface area contributed by atoms with Gasteiger partial charge in [-0.05, 0) is 19.1 Å². The van der Waals surface area contributed by atoms with Gasteiger partial charge in [0.1, 0.15) is 18.2 Å². The molecule has 0 fully saturated rings. The fraction of sp³-hybridized carbons (Fsp3) is 0.462. The Morgan fingerprint density at radius 2 is 2.25 bits per heavy atom. The molecule has 0 aromatic heterocycles. The molecule has 2 N–H and O–H groups in total. The van der Waals surface area contributed by atoms with E-state index in [1.807, 2.05) is 0 Å². The van der Waals surface area contributed by atoms with Crippen LogP contribution < -0.4 is 15.4 Å². The van der Waals surface area contributed by atoms with Crippen molar-refractivity contribution < 1.29 is 18.1 Å². The summed E-state index contributed by atoms with van der Waals surface area (Å²) in [5.74, 6) is 0.468. The highest BCUT2D eigenvalue weighted by molar-refractivity contribution is 7.84. The molecule has 5 nitrogen and oxygen atoms in total. The quantitative estimate of drug-likeness (QED) is 0.797. The molecule has 0 heterocycles. The zero-order chi connectivity index (χ0) is 15.0. The van der Waals surface area contributed by atoms with E-state index in [0.29, 0.717) is 18.0 Å². The maximum atomic E-state index is 12.9. The van der Waals surface area contributed by atoms with Crippen molar-refractivity contribution >= 4 is 16.8 Å². The Bertz CT molecular complexity index is 471. The zero-order valence-corrected chi connectivity index (χ0v) is 12.3. The van der Waals surface area contributed by atoms with Crippen LogP contribution in [0.15, 0.2) is 24.3 Å². The lowest BCUT2D eigenvalue weighted by Gasteiger charge is -2.15. The van der Waals surface area contributed by atoms with Crippen LogP contribution in [0.5, 0.6) is 5.75 Å². The lowest BCUT2D eigenvalue weighted by molar-refractivity contribution is 0.227. The molecule has 0 spiro atoms. The summed E-state index contributed by atoms with van der Waals surface area (Å²) >= 11 is 0. The number of benzene rings is 1. The normalized spacial score (nSPS) is 13.3. The predicted octanol–water partition coefficient (Wildman–Crippen LogP) is 1.27. The Labute approximate surface area is 120 Å². The highest BCUT2D eigenvalue weighted by Gasteiger charge is 2.07. The van der Waals surface area contributed by atoms with Crippen LogP contribution in [0.4, 0.5) is 9.18 Å². The maximum Gasteiger partial charge on any atom is 0.315 e. The van der Waals surface area contributed by atoms with Crippen molar-refractivity contribution in [3.63, 3.8) is 0 Å². The number of hydrogen-bond acceptors (Lipinski definition) is 3. The SMILES string of the molecule is C[C@H](COc1cccc(F)c1)NC(=O)NCC[S@@](C)=O. The number of rotatable bonds is 7. The van der Waals surface area contributed by atoms with Gasteiger partial charge in [-0.25, -0.2) is 9.18 Å². The molecule has 112 valence electrons. The van der Waals surface area contributed by atoms with Crippen LogP contribution in [0.3, 0.4) is 0 Å². The van der Waals surface area contributed by atoms with Gasteiger partial charge in [0.25, 0.3) is 0 Å². The smallest absolute Gasteiger partial charge is 0.315 e. The van der Waals surface area contributed by atoms with Crippen molar-refractivity contribution in [2.75, 3.05) is 25.2 Å². The molecule has 0 saturated carbocycles. The van der Waals surface area contributed by atoms with E-state index in [4.69, 9.17) is 4.74 Å². The number of amides is 2. The standard InChI is InChI=1S/C13H19FN2O3S/c1-10(16-13(17)15-6-7-20(2)18)9-19-12-5-3-4-11(14)8-12/h3-5,8,10H,6-7,9H2,1-2H3,(H2,15,16,17)/t10-,20-/m1/s1. The number of carbonyl (C=O) groups is 1. The zero-order valence-electron chi connectivity index (χ0n) is 11.5. The van der Waals surface area contributed by atoms with E-state index in [9.17, 15) is 13.4 Å². The van der Waals surface area contributed by atoms with Crippen LogP contribution in [0.1, 0.15) is 6.92 Å². The van der Waals surface area contributed by atoms with Gasteiger partial charge in [-0.2, -0.15) is 0 Å². The van der Waals surface area contributed by atoms with Gasteiger partial charge >= 0.3 is 6.03 Å². The molecule has 0 saturated heterocycles. The summed E-state index contributed by atoms with van der Waals surface area (Å²) in [5, 5.41) is 5.26. The molecule has 1 aromatic rings. The molecule has 0 aliphatic heterocycles. The molecule has 20 heavy (non-hydrogen) atoms. The molecule has 7 heteroatoms. The van der Waals surface area contributed by atoms with Gasteiger partial charge in [-0.3, -0.25) is 4.21 Å². The highest BCUT2D eigenvalue weighted by Crippen LogP contribution is 2.11. The van der Waals surface area contributed by atoms with Crippen LogP contribution in [-0.4, -0.2) is 41.4 Å². The van der Waals surface area contributed by atoms with Gasteiger partial charge < -0.3 is 15.4 Å². The van der Waals surface area contributed by atoms with Crippen LogP contribution in [-0.2, 0) is 10.8 Å². The summed E-state index contributed by atoms with van der Waals surface area (Å²) in [6.07, 6.45) is 1.58. The van der Waals surface area contributed by atoms with Gasteiger partial charge in [-0.1, -0.05) is 6.07 Å². The third-order valence-corrected chi connectivity index (χ3v) is 3.13. The molecule has 2 amide bonds. The van der Waals surface area contributed by atoms with E-state index in [0.717, 1.165) is 0 Å². The summed E-state index contributed by atoms with van der Waals surface area (Å²) < 4.78 is 29.1. The van der Waals surface area contributed by atoms with E-state index in [-0.39, 0.29) is 24.5 Å². The van der Waals surface area contributed by atoms with E-state index >= 15 is 0 Å². The summed E-state index contributed by atoms with van der Waals surface area (Å²) in [6, 6.07) is 5.24. The van der Waals surface area contributed by atoms with E-state index in [1.54, 1.807) is 25.3 Å². The Balaban J connectivity index is 2.24. The van der Waals surface area contributed by atoms with Crippen LogP contribution in [0, 0.1) is 5.82 Å². The molecule has 0 aliphatic carbocycles. The van der Waals surface area contributed by atoms with Gasteiger partial charge in [0, 0.05) is 35.4 Å². The average molecular weight is 302 g/mol. The van der Waals surface area contributed by atoms with E-state index < -0.39 is 10.8 Å². The number of nitrogens with one attached hydrogen (secondary N) is 2. The number of hydrogen-bond donors (Lipinski definition) is 2. The van der Waals surface area contributed by atoms with Crippen molar-refractivity contribution in [3.05, 3.63) is 30.1 Å². The lowest BCUT2D eigenvalue weighted by Crippen LogP contribution is -2.44. The second-order valence-corrected chi connectivity index (χ2v) is 5.90. The van der Waals surface area contributed by atoms with Crippen LogP contribution in [0.2, 0.25) is 0 Å². The monoisotopic (exact) mass is 302 g/mol. The molecule has 0 bridgehead atoms. The molecule has 2 atom stereocenters. The second-order valence-electron chi connectivity index (χ2n) is 4.35. The first kappa shape index (κ1) is 16.4. The minimum atomic E-state index is -0.928. The average Bonchev–Trinajstić information content (AvgIpc) is 2.36. The first-order valence-electron chi connectivity index (χ1n) is 6.20. The van der Waals surface area contributed by atoms with Crippen molar-refractivity contribution in [2.24, 2.45) is 0 Å². The van der Waals surface area contributed by atoms with E-state index in [1.165, 1.54) is 12.1 Å². The Kier molecular flexibility index (Phi) is 7.00. The molecule has 0 unspecified atom stereocenters. The largest absolute Gasteiger partial charge is 0.491 e. The molecule has 0 radical (unpaired) electrons. The number of ether oxygens (including phenoxy) is 1. The minimum Gasteiger partial charge on any atom is -0.491 e. The fourth-order valence-corrected chi connectivity index (χ4v) is 1.79. The third kappa shape index (κ3) is 7.08. The first-order chi connectivity index (χ1) is 9.47. The Morgan fingerprint density at radius 1 is 1.50 bits per heavy atom. The number of carbonyl (C=O) groups excluding carboxylic acids is 1. The fourth-order valence-electron chi connectivity index (χ4n) is 1.40. The van der Waals surface area contributed by atoms with Gasteiger partial charge in [0.15, 0.2) is 0 Å². The van der Waals surface area contributed by atoms with Crippen molar-refractivity contribution in [1.29, 1.82) is 0 Å². The van der Waals surface area contributed by atoms with Gasteiger partial charge in [-0.15, -0.1) is 0 Å².